The first-order chi connectivity index (χ1) is 9.17. The standard InChI is InChI=1S/C12H13FN4OS/c13-8-5-9-10(15-12(19)14-9)6-11(8)17-3-1-7(16-18)2-4-17/h5-7H,1-4H2,(H2,14,15,19). The van der Waals surface area contributed by atoms with Crippen molar-refractivity contribution in [1.29, 1.82) is 0 Å². The first kappa shape index (κ1) is 12.3. The Bertz CT molecular complexity index is 672. The van der Waals surface area contributed by atoms with E-state index in [1.54, 1.807) is 6.07 Å². The molecule has 1 aliphatic heterocycles. The molecule has 0 bridgehead atoms. The van der Waals surface area contributed by atoms with E-state index < -0.39 is 0 Å². The predicted molar refractivity (Wildman–Crippen MR) is 74.5 cm³/mol. The minimum Gasteiger partial charge on any atom is -0.369 e. The summed E-state index contributed by atoms with van der Waals surface area (Å²) in [6.45, 7) is 1.29. The lowest BCUT2D eigenvalue weighted by Gasteiger charge is -2.31. The number of benzene rings is 1. The zero-order valence-corrected chi connectivity index (χ0v) is 11.0. The SMILES string of the molecule is O=NC1CCN(c2cc3[nH]c(=S)[nH]c3cc2F)CC1. The molecule has 19 heavy (non-hydrogen) atoms. The van der Waals surface area contributed by atoms with Crippen molar-refractivity contribution in [2.75, 3.05) is 18.0 Å². The molecule has 5 nitrogen and oxygen atoms in total. The fraction of sp³-hybridized carbons (Fsp3) is 0.417. The molecule has 1 aromatic carbocycles. The van der Waals surface area contributed by atoms with Crippen molar-refractivity contribution in [2.45, 2.75) is 18.9 Å². The second-order valence-corrected chi connectivity index (χ2v) is 5.16. The van der Waals surface area contributed by atoms with Gasteiger partial charge >= 0.3 is 0 Å². The molecule has 2 N–H and O–H groups in total. The van der Waals surface area contributed by atoms with Crippen molar-refractivity contribution in [1.82, 2.24) is 9.97 Å². The number of nitrogens with one attached hydrogen (secondary N) is 2. The van der Waals surface area contributed by atoms with Gasteiger partial charge in [-0.05, 0) is 31.1 Å². The quantitative estimate of drug-likeness (QED) is 0.656. The number of H-pyrrole nitrogens is 2. The molecule has 0 spiro atoms. The number of piperidine rings is 1. The fourth-order valence-corrected chi connectivity index (χ4v) is 2.72. The van der Waals surface area contributed by atoms with Gasteiger partial charge in [-0.3, -0.25) is 0 Å². The molecule has 7 heteroatoms. The van der Waals surface area contributed by atoms with Gasteiger partial charge in [0, 0.05) is 19.2 Å². The van der Waals surface area contributed by atoms with Crippen molar-refractivity contribution in [3.05, 3.63) is 27.6 Å². The molecule has 0 saturated carbocycles. The Morgan fingerprint density at radius 3 is 2.53 bits per heavy atom. The van der Waals surface area contributed by atoms with Crippen LogP contribution < -0.4 is 4.90 Å². The first-order valence-electron chi connectivity index (χ1n) is 6.16. The van der Waals surface area contributed by atoms with Crippen LogP contribution in [0, 0.1) is 15.5 Å². The number of anilines is 1. The van der Waals surface area contributed by atoms with E-state index in [2.05, 4.69) is 15.1 Å². The Morgan fingerprint density at radius 2 is 1.89 bits per heavy atom. The normalized spacial score (nSPS) is 17.0. The number of fused-ring (bicyclic) bond motifs is 1. The van der Waals surface area contributed by atoms with Gasteiger partial charge in [0.05, 0.1) is 22.8 Å². The minimum absolute atomic E-state index is 0.138. The molecule has 1 saturated heterocycles. The molecule has 100 valence electrons. The van der Waals surface area contributed by atoms with Gasteiger partial charge in [0.25, 0.3) is 0 Å². The van der Waals surface area contributed by atoms with E-state index >= 15 is 0 Å². The summed E-state index contributed by atoms with van der Waals surface area (Å²) in [6.07, 6.45) is 1.34. The van der Waals surface area contributed by atoms with Crippen molar-refractivity contribution in [2.24, 2.45) is 5.18 Å². The van der Waals surface area contributed by atoms with Gasteiger partial charge in [-0.25, -0.2) is 4.39 Å². The van der Waals surface area contributed by atoms with E-state index in [-0.39, 0.29) is 11.9 Å². The van der Waals surface area contributed by atoms with Gasteiger partial charge in [-0.1, -0.05) is 5.18 Å². The summed E-state index contributed by atoms with van der Waals surface area (Å²) in [6, 6.07) is 3.06. The van der Waals surface area contributed by atoms with Gasteiger partial charge in [0.2, 0.25) is 0 Å². The number of halogens is 1. The third-order valence-electron chi connectivity index (χ3n) is 3.54. The monoisotopic (exact) mass is 280 g/mol. The Kier molecular flexibility index (Phi) is 3.06. The van der Waals surface area contributed by atoms with Crippen molar-refractivity contribution >= 4 is 28.9 Å². The van der Waals surface area contributed by atoms with Gasteiger partial charge in [-0.15, -0.1) is 0 Å². The zero-order chi connectivity index (χ0) is 13.4. The van der Waals surface area contributed by atoms with Gasteiger partial charge in [0.15, 0.2) is 4.77 Å². The van der Waals surface area contributed by atoms with E-state index in [9.17, 15) is 9.30 Å². The smallest absolute Gasteiger partial charge is 0.175 e. The minimum atomic E-state index is -0.282. The second kappa shape index (κ2) is 4.73. The summed E-state index contributed by atoms with van der Waals surface area (Å²) >= 11 is 4.99. The third kappa shape index (κ3) is 2.25. The molecule has 0 radical (unpaired) electrons. The molecule has 1 fully saturated rings. The summed E-state index contributed by atoms with van der Waals surface area (Å²) in [5, 5.41) is 3.06. The van der Waals surface area contributed by atoms with E-state index in [0.717, 1.165) is 5.52 Å². The zero-order valence-electron chi connectivity index (χ0n) is 10.1. The molecular weight excluding hydrogens is 267 g/mol. The molecule has 0 atom stereocenters. The lowest BCUT2D eigenvalue weighted by molar-refractivity contribution is 0.493. The van der Waals surface area contributed by atoms with Gasteiger partial charge in [-0.2, -0.15) is 4.91 Å². The molecule has 1 aliphatic rings. The van der Waals surface area contributed by atoms with Crippen molar-refractivity contribution < 1.29 is 4.39 Å². The number of hydrogen-bond acceptors (Lipinski definition) is 4. The number of rotatable bonds is 2. The Hall–Kier alpha value is -1.76. The van der Waals surface area contributed by atoms with Crippen LogP contribution >= 0.6 is 12.2 Å². The van der Waals surface area contributed by atoms with Crippen LogP contribution in [-0.4, -0.2) is 29.1 Å². The van der Waals surface area contributed by atoms with E-state index in [0.29, 0.717) is 41.9 Å². The lowest BCUT2D eigenvalue weighted by Crippen LogP contribution is -2.35. The Balaban J connectivity index is 1.94. The topological polar surface area (TPSA) is 64.2 Å². The number of aromatic nitrogens is 2. The lowest BCUT2D eigenvalue weighted by atomic mass is 10.1. The number of imidazole rings is 1. The molecular formula is C12H13FN4OS. The highest BCUT2D eigenvalue weighted by Gasteiger charge is 2.22. The summed E-state index contributed by atoms with van der Waals surface area (Å²) in [7, 11) is 0. The summed E-state index contributed by atoms with van der Waals surface area (Å²) in [5.74, 6) is -0.282. The molecule has 2 heterocycles. The third-order valence-corrected chi connectivity index (χ3v) is 3.74. The maximum Gasteiger partial charge on any atom is 0.175 e. The molecule has 0 aliphatic carbocycles. The molecule has 0 amide bonds. The predicted octanol–water partition coefficient (Wildman–Crippen LogP) is 3.10. The summed E-state index contributed by atoms with van der Waals surface area (Å²) in [5.41, 5.74) is 2.00. The maximum absolute atomic E-state index is 14.1. The summed E-state index contributed by atoms with van der Waals surface area (Å²) in [4.78, 5) is 18.3. The van der Waals surface area contributed by atoms with Crippen LogP contribution in [0.5, 0.6) is 0 Å². The van der Waals surface area contributed by atoms with Crippen LogP contribution in [0.25, 0.3) is 11.0 Å². The second-order valence-electron chi connectivity index (χ2n) is 4.75. The molecule has 2 aromatic rings. The Labute approximate surface area is 113 Å². The van der Waals surface area contributed by atoms with E-state index in [1.807, 2.05) is 4.90 Å². The van der Waals surface area contributed by atoms with Crippen LogP contribution in [-0.2, 0) is 0 Å². The first-order valence-corrected chi connectivity index (χ1v) is 6.57. The highest BCUT2D eigenvalue weighted by molar-refractivity contribution is 7.71. The fourth-order valence-electron chi connectivity index (χ4n) is 2.50. The largest absolute Gasteiger partial charge is 0.369 e. The average molecular weight is 280 g/mol. The summed E-state index contributed by atoms with van der Waals surface area (Å²) < 4.78 is 14.6. The number of aromatic amines is 2. The van der Waals surface area contributed by atoms with Crippen LogP contribution in [0.15, 0.2) is 17.3 Å². The highest BCUT2D eigenvalue weighted by Crippen LogP contribution is 2.27. The van der Waals surface area contributed by atoms with Crippen LogP contribution in [0.4, 0.5) is 10.1 Å². The van der Waals surface area contributed by atoms with Crippen molar-refractivity contribution in [3.8, 4) is 0 Å². The van der Waals surface area contributed by atoms with E-state index in [1.165, 1.54) is 6.07 Å². The molecule has 3 rings (SSSR count). The Morgan fingerprint density at radius 1 is 1.26 bits per heavy atom. The van der Waals surface area contributed by atoms with Crippen LogP contribution in [0.3, 0.4) is 0 Å². The maximum atomic E-state index is 14.1. The van der Waals surface area contributed by atoms with E-state index in [4.69, 9.17) is 12.2 Å². The van der Waals surface area contributed by atoms with Gasteiger partial charge in [0.1, 0.15) is 5.82 Å². The van der Waals surface area contributed by atoms with Crippen LogP contribution in [0.2, 0.25) is 0 Å². The van der Waals surface area contributed by atoms with Crippen LogP contribution in [0.1, 0.15) is 12.8 Å². The molecule has 0 unspecified atom stereocenters. The average Bonchev–Trinajstić information content (AvgIpc) is 2.77. The number of nitroso groups, excluding NO2 is 1. The number of hydrogen-bond donors (Lipinski definition) is 2. The highest BCUT2D eigenvalue weighted by atomic mass is 32.1. The van der Waals surface area contributed by atoms with Gasteiger partial charge < -0.3 is 14.9 Å². The molecule has 1 aromatic heterocycles. The van der Waals surface area contributed by atoms with Crippen molar-refractivity contribution in [3.63, 3.8) is 0 Å². The number of nitrogens with zero attached hydrogens (tertiary/aromatic N) is 2.